The lowest BCUT2D eigenvalue weighted by atomic mass is 9.89. The van der Waals surface area contributed by atoms with E-state index in [1.807, 2.05) is 0 Å². The van der Waals surface area contributed by atoms with E-state index < -0.39 is 0 Å². The number of hydrogen-bond acceptors (Lipinski definition) is 2. The largest absolute Gasteiger partial charge is 0.395 e. The molecule has 2 heteroatoms. The van der Waals surface area contributed by atoms with E-state index in [9.17, 15) is 0 Å². The first-order valence-electron chi connectivity index (χ1n) is 4.22. The van der Waals surface area contributed by atoms with Crippen molar-refractivity contribution in [2.24, 2.45) is 5.92 Å². The average Bonchev–Trinajstić information content (AvgIpc) is 2.04. The minimum Gasteiger partial charge on any atom is -0.395 e. The zero-order valence-corrected chi connectivity index (χ0v) is 6.64. The predicted molar refractivity (Wildman–Crippen MR) is 41.9 cm³/mol. The summed E-state index contributed by atoms with van der Waals surface area (Å²) in [5.74, 6) is 0.707. The third kappa shape index (κ3) is 1.70. The Hall–Kier alpha value is -0.0800. The molecule has 0 bridgehead atoms. The van der Waals surface area contributed by atoms with Gasteiger partial charge in [-0.2, -0.15) is 0 Å². The highest BCUT2D eigenvalue weighted by Crippen LogP contribution is 2.18. The summed E-state index contributed by atoms with van der Waals surface area (Å²) in [6.07, 6.45) is 3.75. The van der Waals surface area contributed by atoms with Crippen LogP contribution in [-0.2, 0) is 0 Å². The molecule has 10 heavy (non-hydrogen) atoms. The van der Waals surface area contributed by atoms with Gasteiger partial charge in [-0.3, -0.25) is 0 Å². The molecule has 1 saturated heterocycles. The summed E-state index contributed by atoms with van der Waals surface area (Å²) in [5.41, 5.74) is 0. The van der Waals surface area contributed by atoms with Crippen LogP contribution in [-0.4, -0.2) is 24.3 Å². The Morgan fingerprint density at radius 1 is 1.60 bits per heavy atom. The molecule has 2 N–H and O–H groups in total. The molecule has 0 aromatic carbocycles. The van der Waals surface area contributed by atoms with Crippen LogP contribution >= 0.6 is 0 Å². The first kappa shape index (κ1) is 8.02. The fourth-order valence-electron chi connectivity index (χ4n) is 1.72. The Bertz CT molecular complexity index is 83.3. The van der Waals surface area contributed by atoms with Crippen molar-refractivity contribution in [2.45, 2.75) is 32.2 Å². The Labute approximate surface area is 62.6 Å². The quantitative estimate of drug-likeness (QED) is 0.598. The van der Waals surface area contributed by atoms with Gasteiger partial charge in [0.05, 0.1) is 6.61 Å². The molecule has 0 spiro atoms. The van der Waals surface area contributed by atoms with Crippen molar-refractivity contribution in [1.29, 1.82) is 0 Å². The van der Waals surface area contributed by atoms with Gasteiger partial charge in [-0.05, 0) is 25.3 Å². The predicted octanol–water partition coefficient (Wildman–Crippen LogP) is 0.757. The second-order valence-corrected chi connectivity index (χ2v) is 3.05. The molecule has 2 unspecified atom stereocenters. The third-order valence-corrected chi connectivity index (χ3v) is 2.45. The molecule has 1 rings (SSSR count). The molecule has 0 saturated carbocycles. The van der Waals surface area contributed by atoms with Gasteiger partial charge in [-0.25, -0.2) is 0 Å². The maximum absolute atomic E-state index is 8.93. The minimum atomic E-state index is 0.304. The van der Waals surface area contributed by atoms with Crippen LogP contribution < -0.4 is 5.32 Å². The Morgan fingerprint density at radius 2 is 2.40 bits per heavy atom. The lowest BCUT2D eigenvalue weighted by Gasteiger charge is -2.30. The van der Waals surface area contributed by atoms with Crippen LogP contribution in [0.1, 0.15) is 26.2 Å². The number of aliphatic hydroxyl groups is 1. The summed E-state index contributed by atoms with van der Waals surface area (Å²) >= 11 is 0. The van der Waals surface area contributed by atoms with E-state index in [1.165, 1.54) is 19.3 Å². The molecule has 1 aliphatic heterocycles. The molecule has 2 atom stereocenters. The summed E-state index contributed by atoms with van der Waals surface area (Å²) < 4.78 is 0. The van der Waals surface area contributed by atoms with Gasteiger partial charge in [-0.15, -0.1) is 0 Å². The summed E-state index contributed by atoms with van der Waals surface area (Å²) in [7, 11) is 0. The maximum atomic E-state index is 8.93. The van der Waals surface area contributed by atoms with Gasteiger partial charge in [0, 0.05) is 6.04 Å². The first-order valence-corrected chi connectivity index (χ1v) is 4.22. The fraction of sp³-hybridized carbons (Fsp3) is 1.00. The molecule has 0 aliphatic carbocycles. The van der Waals surface area contributed by atoms with E-state index in [-0.39, 0.29) is 0 Å². The zero-order valence-electron chi connectivity index (χ0n) is 6.64. The van der Waals surface area contributed by atoms with Crippen molar-refractivity contribution in [3.05, 3.63) is 0 Å². The van der Waals surface area contributed by atoms with Crippen LogP contribution in [0.3, 0.4) is 0 Å². The van der Waals surface area contributed by atoms with Crippen LogP contribution in [0.25, 0.3) is 0 Å². The van der Waals surface area contributed by atoms with Crippen LogP contribution in [0.15, 0.2) is 0 Å². The van der Waals surface area contributed by atoms with Crippen LogP contribution in [0.5, 0.6) is 0 Å². The van der Waals surface area contributed by atoms with Gasteiger partial charge in [0.15, 0.2) is 0 Å². The lowest BCUT2D eigenvalue weighted by molar-refractivity contribution is 0.168. The fourth-order valence-corrected chi connectivity index (χ4v) is 1.72. The molecule has 0 aromatic rings. The summed E-state index contributed by atoms with van der Waals surface area (Å²) in [6, 6.07) is 0.374. The average molecular weight is 143 g/mol. The monoisotopic (exact) mass is 143 g/mol. The van der Waals surface area contributed by atoms with Gasteiger partial charge in [0.25, 0.3) is 0 Å². The second kappa shape index (κ2) is 3.94. The van der Waals surface area contributed by atoms with Crippen molar-refractivity contribution in [2.75, 3.05) is 13.2 Å². The molecule has 2 nitrogen and oxygen atoms in total. The topological polar surface area (TPSA) is 32.3 Å². The molecule has 1 heterocycles. The molecule has 1 aliphatic rings. The van der Waals surface area contributed by atoms with E-state index in [1.54, 1.807) is 0 Å². The second-order valence-electron chi connectivity index (χ2n) is 3.05. The van der Waals surface area contributed by atoms with E-state index in [2.05, 4.69) is 12.2 Å². The van der Waals surface area contributed by atoms with Crippen molar-refractivity contribution >= 4 is 0 Å². The number of nitrogens with one attached hydrogen (secondary N) is 1. The Kier molecular flexibility index (Phi) is 3.16. The third-order valence-electron chi connectivity index (χ3n) is 2.45. The van der Waals surface area contributed by atoms with E-state index in [0.29, 0.717) is 18.6 Å². The van der Waals surface area contributed by atoms with Gasteiger partial charge >= 0.3 is 0 Å². The van der Waals surface area contributed by atoms with E-state index in [4.69, 9.17) is 5.11 Å². The standard InChI is InChI=1S/C8H17NO/c1-2-7-4-3-5-9-8(7)6-10/h7-10H,2-6H2,1H3. The van der Waals surface area contributed by atoms with Crippen molar-refractivity contribution < 1.29 is 5.11 Å². The SMILES string of the molecule is CCC1CCCNC1CO. The molecule has 0 aromatic heterocycles. The maximum Gasteiger partial charge on any atom is 0.0587 e. The van der Waals surface area contributed by atoms with Crippen molar-refractivity contribution in [1.82, 2.24) is 5.32 Å². The number of rotatable bonds is 2. The molecular weight excluding hydrogens is 126 g/mol. The van der Waals surface area contributed by atoms with Gasteiger partial charge in [0.1, 0.15) is 0 Å². The first-order chi connectivity index (χ1) is 4.88. The minimum absolute atomic E-state index is 0.304. The lowest BCUT2D eigenvalue weighted by Crippen LogP contribution is -2.43. The molecule has 1 fully saturated rings. The smallest absolute Gasteiger partial charge is 0.0587 e. The number of piperidine rings is 1. The van der Waals surface area contributed by atoms with Crippen LogP contribution in [0, 0.1) is 5.92 Å². The number of aliphatic hydroxyl groups excluding tert-OH is 1. The highest BCUT2D eigenvalue weighted by atomic mass is 16.3. The van der Waals surface area contributed by atoms with Crippen molar-refractivity contribution in [3.8, 4) is 0 Å². The van der Waals surface area contributed by atoms with Crippen LogP contribution in [0.2, 0.25) is 0 Å². The van der Waals surface area contributed by atoms with E-state index >= 15 is 0 Å². The summed E-state index contributed by atoms with van der Waals surface area (Å²) in [6.45, 7) is 3.58. The Morgan fingerprint density at radius 3 is 2.90 bits per heavy atom. The van der Waals surface area contributed by atoms with Gasteiger partial charge in [0.2, 0.25) is 0 Å². The summed E-state index contributed by atoms with van der Waals surface area (Å²) in [4.78, 5) is 0. The van der Waals surface area contributed by atoms with Gasteiger partial charge < -0.3 is 10.4 Å². The number of hydrogen-bond donors (Lipinski definition) is 2. The summed E-state index contributed by atoms with van der Waals surface area (Å²) in [5, 5.41) is 12.2. The van der Waals surface area contributed by atoms with Crippen LogP contribution in [0.4, 0.5) is 0 Å². The highest BCUT2D eigenvalue weighted by Gasteiger charge is 2.21. The zero-order chi connectivity index (χ0) is 7.40. The Balaban J connectivity index is 2.34. The van der Waals surface area contributed by atoms with Gasteiger partial charge in [-0.1, -0.05) is 13.3 Å². The molecular formula is C8H17NO. The van der Waals surface area contributed by atoms with Crippen molar-refractivity contribution in [3.63, 3.8) is 0 Å². The highest BCUT2D eigenvalue weighted by molar-refractivity contribution is 4.79. The normalized spacial score (nSPS) is 34.2. The molecule has 0 amide bonds. The molecule has 0 radical (unpaired) electrons. The molecule has 60 valence electrons. The van der Waals surface area contributed by atoms with E-state index in [0.717, 1.165) is 6.54 Å².